The molecule has 0 saturated carbocycles. The SMILES string of the molecule is Cc1nc(-c2cccs2)ccc1C(=O)Nc1ccccc1F. The van der Waals surface area contributed by atoms with E-state index in [4.69, 9.17) is 0 Å². The smallest absolute Gasteiger partial charge is 0.257 e. The largest absolute Gasteiger partial charge is 0.319 e. The van der Waals surface area contributed by atoms with Crippen LogP contribution in [-0.2, 0) is 0 Å². The summed E-state index contributed by atoms with van der Waals surface area (Å²) < 4.78 is 13.6. The maximum atomic E-state index is 13.6. The van der Waals surface area contributed by atoms with Crippen molar-refractivity contribution in [2.24, 2.45) is 0 Å². The van der Waals surface area contributed by atoms with Crippen molar-refractivity contribution in [3.8, 4) is 10.6 Å². The van der Waals surface area contributed by atoms with Crippen molar-refractivity contribution in [1.29, 1.82) is 0 Å². The second-order valence-electron chi connectivity index (χ2n) is 4.74. The summed E-state index contributed by atoms with van der Waals surface area (Å²) in [4.78, 5) is 17.8. The molecule has 0 saturated heterocycles. The second-order valence-corrected chi connectivity index (χ2v) is 5.69. The number of hydrogen-bond donors (Lipinski definition) is 1. The van der Waals surface area contributed by atoms with E-state index in [9.17, 15) is 9.18 Å². The van der Waals surface area contributed by atoms with Crippen LogP contribution in [0.4, 0.5) is 10.1 Å². The Morgan fingerprint density at radius 2 is 1.95 bits per heavy atom. The number of para-hydroxylation sites is 1. The van der Waals surface area contributed by atoms with Crippen LogP contribution in [0.1, 0.15) is 16.1 Å². The number of halogens is 1. The minimum absolute atomic E-state index is 0.161. The van der Waals surface area contributed by atoms with Crippen LogP contribution in [0.3, 0.4) is 0 Å². The number of hydrogen-bond acceptors (Lipinski definition) is 3. The average molecular weight is 312 g/mol. The van der Waals surface area contributed by atoms with Crippen molar-refractivity contribution >= 4 is 22.9 Å². The van der Waals surface area contributed by atoms with Gasteiger partial charge in [0.15, 0.2) is 0 Å². The number of carbonyl (C=O) groups is 1. The lowest BCUT2D eigenvalue weighted by Gasteiger charge is -2.09. The Morgan fingerprint density at radius 1 is 1.14 bits per heavy atom. The minimum atomic E-state index is -0.461. The molecule has 110 valence electrons. The number of nitrogens with one attached hydrogen (secondary N) is 1. The van der Waals surface area contributed by atoms with Crippen molar-refractivity contribution in [2.75, 3.05) is 5.32 Å². The molecule has 0 fully saturated rings. The van der Waals surface area contributed by atoms with E-state index in [2.05, 4.69) is 10.3 Å². The number of aromatic nitrogens is 1. The zero-order valence-electron chi connectivity index (χ0n) is 11.8. The summed E-state index contributed by atoms with van der Waals surface area (Å²) in [5, 5.41) is 4.55. The van der Waals surface area contributed by atoms with Crippen molar-refractivity contribution in [2.45, 2.75) is 6.92 Å². The third kappa shape index (κ3) is 2.89. The summed E-state index contributed by atoms with van der Waals surface area (Å²) in [5.74, 6) is -0.829. The number of pyridine rings is 1. The van der Waals surface area contributed by atoms with Gasteiger partial charge in [0.05, 0.1) is 27.5 Å². The first-order chi connectivity index (χ1) is 10.6. The van der Waals surface area contributed by atoms with Gasteiger partial charge in [-0.05, 0) is 42.6 Å². The highest BCUT2D eigenvalue weighted by atomic mass is 32.1. The molecule has 2 aromatic heterocycles. The maximum absolute atomic E-state index is 13.6. The van der Waals surface area contributed by atoms with E-state index in [0.717, 1.165) is 10.6 Å². The molecule has 0 unspecified atom stereocenters. The molecule has 0 aliphatic rings. The maximum Gasteiger partial charge on any atom is 0.257 e. The normalized spacial score (nSPS) is 10.5. The number of amides is 1. The molecule has 0 atom stereocenters. The van der Waals surface area contributed by atoms with Gasteiger partial charge >= 0.3 is 0 Å². The third-order valence-electron chi connectivity index (χ3n) is 3.23. The van der Waals surface area contributed by atoms with Crippen LogP contribution in [0.25, 0.3) is 10.6 Å². The van der Waals surface area contributed by atoms with Gasteiger partial charge in [0, 0.05) is 0 Å². The molecule has 1 amide bonds. The lowest BCUT2D eigenvalue weighted by molar-refractivity contribution is 0.102. The molecule has 1 aromatic carbocycles. The Balaban J connectivity index is 1.86. The zero-order valence-corrected chi connectivity index (χ0v) is 12.7. The second kappa shape index (κ2) is 6.07. The Hall–Kier alpha value is -2.53. The summed E-state index contributed by atoms with van der Waals surface area (Å²) in [6.07, 6.45) is 0. The molecule has 0 spiro atoms. The average Bonchev–Trinajstić information content (AvgIpc) is 3.03. The molecule has 3 rings (SSSR count). The summed E-state index contributed by atoms with van der Waals surface area (Å²) in [5.41, 5.74) is 2.03. The molecule has 0 radical (unpaired) electrons. The van der Waals surface area contributed by atoms with Crippen LogP contribution in [-0.4, -0.2) is 10.9 Å². The van der Waals surface area contributed by atoms with Crippen LogP contribution < -0.4 is 5.32 Å². The number of thiophene rings is 1. The van der Waals surface area contributed by atoms with E-state index >= 15 is 0 Å². The first-order valence-electron chi connectivity index (χ1n) is 6.72. The zero-order chi connectivity index (χ0) is 15.5. The van der Waals surface area contributed by atoms with Crippen molar-refractivity contribution in [3.63, 3.8) is 0 Å². The Morgan fingerprint density at radius 3 is 2.64 bits per heavy atom. The first kappa shape index (κ1) is 14.4. The van der Waals surface area contributed by atoms with Gasteiger partial charge in [-0.15, -0.1) is 11.3 Å². The summed E-state index contributed by atoms with van der Waals surface area (Å²) in [7, 11) is 0. The van der Waals surface area contributed by atoms with Crippen LogP contribution in [0.15, 0.2) is 53.9 Å². The fraction of sp³-hybridized carbons (Fsp3) is 0.0588. The number of rotatable bonds is 3. The van der Waals surface area contributed by atoms with Crippen molar-refractivity contribution in [1.82, 2.24) is 4.98 Å². The van der Waals surface area contributed by atoms with Gasteiger partial charge in [-0.1, -0.05) is 18.2 Å². The standard InChI is InChI=1S/C17H13FN2OS/c1-11-12(8-9-15(19-11)16-7-4-10-22-16)17(21)20-14-6-3-2-5-13(14)18/h2-10H,1H3,(H,20,21). The van der Waals surface area contributed by atoms with E-state index in [-0.39, 0.29) is 11.6 Å². The minimum Gasteiger partial charge on any atom is -0.319 e. The predicted octanol–water partition coefficient (Wildman–Crippen LogP) is 4.51. The van der Waals surface area contributed by atoms with E-state index < -0.39 is 5.82 Å². The highest BCUT2D eigenvalue weighted by Gasteiger charge is 2.13. The quantitative estimate of drug-likeness (QED) is 0.773. The van der Waals surface area contributed by atoms with Crippen LogP contribution in [0, 0.1) is 12.7 Å². The van der Waals surface area contributed by atoms with E-state index in [1.54, 1.807) is 42.5 Å². The first-order valence-corrected chi connectivity index (χ1v) is 7.60. The van der Waals surface area contributed by atoms with Gasteiger partial charge in [0.25, 0.3) is 5.91 Å². The molecule has 5 heteroatoms. The van der Waals surface area contributed by atoms with Crippen LogP contribution >= 0.6 is 11.3 Å². The molecule has 3 nitrogen and oxygen atoms in total. The van der Waals surface area contributed by atoms with Crippen LogP contribution in [0.5, 0.6) is 0 Å². The van der Waals surface area contributed by atoms with E-state index in [1.165, 1.54) is 12.1 Å². The topological polar surface area (TPSA) is 42.0 Å². The van der Waals surface area contributed by atoms with Gasteiger partial charge in [0.1, 0.15) is 5.82 Å². The summed E-state index contributed by atoms with van der Waals surface area (Å²) in [6.45, 7) is 1.77. The van der Waals surface area contributed by atoms with Gasteiger partial charge in [-0.2, -0.15) is 0 Å². The Kier molecular flexibility index (Phi) is 3.98. The number of aryl methyl sites for hydroxylation is 1. The predicted molar refractivity (Wildman–Crippen MR) is 86.6 cm³/mol. The fourth-order valence-electron chi connectivity index (χ4n) is 2.11. The monoisotopic (exact) mass is 312 g/mol. The Labute approximate surface area is 131 Å². The highest BCUT2D eigenvalue weighted by Crippen LogP contribution is 2.24. The molecule has 0 aliphatic heterocycles. The van der Waals surface area contributed by atoms with E-state index in [0.29, 0.717) is 11.3 Å². The molecule has 22 heavy (non-hydrogen) atoms. The van der Waals surface area contributed by atoms with Gasteiger partial charge in [0.2, 0.25) is 0 Å². The number of benzene rings is 1. The number of anilines is 1. The van der Waals surface area contributed by atoms with Crippen LogP contribution in [0.2, 0.25) is 0 Å². The van der Waals surface area contributed by atoms with Gasteiger partial charge in [-0.3, -0.25) is 9.78 Å². The molecular formula is C17H13FN2OS. The number of carbonyl (C=O) groups excluding carboxylic acids is 1. The van der Waals surface area contributed by atoms with Gasteiger partial charge < -0.3 is 5.32 Å². The highest BCUT2D eigenvalue weighted by molar-refractivity contribution is 7.13. The van der Waals surface area contributed by atoms with Crippen molar-refractivity contribution in [3.05, 3.63) is 71.0 Å². The fourth-order valence-corrected chi connectivity index (χ4v) is 2.81. The molecular weight excluding hydrogens is 299 g/mol. The van der Waals surface area contributed by atoms with Gasteiger partial charge in [-0.25, -0.2) is 4.39 Å². The number of nitrogens with zero attached hydrogens (tertiary/aromatic N) is 1. The van der Waals surface area contributed by atoms with Crippen molar-refractivity contribution < 1.29 is 9.18 Å². The lowest BCUT2D eigenvalue weighted by atomic mass is 10.1. The molecule has 0 aliphatic carbocycles. The molecule has 0 bridgehead atoms. The molecule has 3 aromatic rings. The Bertz CT molecular complexity index is 815. The third-order valence-corrected chi connectivity index (χ3v) is 4.12. The molecule has 1 N–H and O–H groups in total. The lowest BCUT2D eigenvalue weighted by Crippen LogP contribution is -2.15. The van der Waals surface area contributed by atoms with E-state index in [1.807, 2.05) is 17.5 Å². The summed E-state index contributed by atoms with van der Waals surface area (Å²) >= 11 is 1.59. The molecule has 2 heterocycles. The summed E-state index contributed by atoms with van der Waals surface area (Å²) in [6, 6.07) is 13.5.